The third-order valence-corrected chi connectivity index (χ3v) is 7.55. The van der Waals surface area contributed by atoms with Crippen molar-refractivity contribution < 1.29 is 18.4 Å². The highest BCUT2D eigenvalue weighted by Crippen LogP contribution is 2.55. The topological polar surface area (TPSA) is 40.6 Å². The first-order valence-corrected chi connectivity index (χ1v) is 10.8. The molecule has 1 saturated heterocycles. The molecule has 4 nitrogen and oxygen atoms in total. The molecule has 1 spiro atoms. The minimum Gasteiger partial charge on any atom is -0.315 e. The van der Waals surface area contributed by atoms with Crippen molar-refractivity contribution in [2.75, 3.05) is 17.2 Å². The highest BCUT2D eigenvalue weighted by Gasteiger charge is 2.60. The lowest BCUT2D eigenvalue weighted by Crippen LogP contribution is -2.52. The van der Waals surface area contributed by atoms with Gasteiger partial charge in [-0.05, 0) is 48.7 Å². The molecule has 1 aliphatic carbocycles. The van der Waals surface area contributed by atoms with Gasteiger partial charge in [0.15, 0.2) is 4.87 Å². The van der Waals surface area contributed by atoms with Gasteiger partial charge in [0.1, 0.15) is 11.6 Å². The summed E-state index contributed by atoms with van der Waals surface area (Å²) < 4.78 is 27.5. The molecule has 1 saturated carbocycles. The number of thioether (sulfide) groups is 1. The lowest BCUT2D eigenvalue weighted by Gasteiger charge is -2.37. The number of benzene rings is 2. The Morgan fingerprint density at radius 1 is 1.10 bits per heavy atom. The second kappa shape index (κ2) is 6.83. The van der Waals surface area contributed by atoms with Gasteiger partial charge in [-0.2, -0.15) is 0 Å². The Balaban J connectivity index is 1.57. The van der Waals surface area contributed by atoms with Crippen LogP contribution in [0.4, 0.5) is 14.5 Å². The normalized spacial score (nSPS) is 23.6. The number of carbonyl (C=O) groups excluding carboxylic acids is 2. The third-order valence-electron chi connectivity index (χ3n) is 6.13. The Morgan fingerprint density at radius 2 is 1.83 bits per heavy atom. The minimum atomic E-state index is -1.20. The average Bonchev–Trinajstić information content (AvgIpc) is 3.19. The van der Waals surface area contributed by atoms with Crippen LogP contribution in [0.2, 0.25) is 0 Å². The van der Waals surface area contributed by atoms with Crippen molar-refractivity contribution in [1.82, 2.24) is 4.90 Å². The summed E-state index contributed by atoms with van der Waals surface area (Å²) in [7, 11) is 0. The molecule has 0 aromatic heterocycles. The Morgan fingerprint density at radius 3 is 2.52 bits per heavy atom. The van der Waals surface area contributed by atoms with Gasteiger partial charge in [0.05, 0.1) is 12.2 Å². The largest absolute Gasteiger partial charge is 0.315 e. The first-order valence-electron chi connectivity index (χ1n) is 9.82. The van der Waals surface area contributed by atoms with Gasteiger partial charge in [0, 0.05) is 23.8 Å². The van der Waals surface area contributed by atoms with Crippen LogP contribution in [0.15, 0.2) is 42.5 Å². The zero-order valence-electron chi connectivity index (χ0n) is 15.7. The molecule has 0 N–H and O–H groups in total. The number of fused-ring (bicyclic) bond motifs is 2. The predicted molar refractivity (Wildman–Crippen MR) is 107 cm³/mol. The van der Waals surface area contributed by atoms with Gasteiger partial charge in [-0.1, -0.05) is 18.6 Å². The number of carbonyl (C=O) groups is 2. The molecule has 2 aliphatic heterocycles. The standard InChI is InChI=1S/C22H20F2N2O2S/c23-16-6-4-14(5-7-16)13-25-19-9-8-17(24)12-18(19)22(21(25)28)26(10-11-29-22)20(27)15-2-1-3-15/h4-9,12,15H,1-3,10-11,13H2/t22-/m1/s1. The van der Waals surface area contributed by atoms with Crippen LogP contribution < -0.4 is 4.90 Å². The Hall–Kier alpha value is -2.41. The van der Waals surface area contributed by atoms with Gasteiger partial charge in [0.25, 0.3) is 5.91 Å². The quantitative estimate of drug-likeness (QED) is 0.761. The van der Waals surface area contributed by atoms with Crippen molar-refractivity contribution in [3.8, 4) is 0 Å². The maximum atomic E-state index is 14.2. The first kappa shape index (κ1) is 18.6. The van der Waals surface area contributed by atoms with Crippen LogP contribution in [-0.2, 0) is 21.0 Å². The number of hydrogen-bond donors (Lipinski definition) is 0. The van der Waals surface area contributed by atoms with E-state index in [4.69, 9.17) is 0 Å². The second-order valence-electron chi connectivity index (χ2n) is 7.79. The van der Waals surface area contributed by atoms with E-state index in [2.05, 4.69) is 0 Å². The van der Waals surface area contributed by atoms with Crippen molar-refractivity contribution in [2.24, 2.45) is 5.92 Å². The van der Waals surface area contributed by atoms with Crippen LogP contribution >= 0.6 is 11.8 Å². The Labute approximate surface area is 171 Å². The number of rotatable bonds is 3. The number of anilines is 1. The van der Waals surface area contributed by atoms with Crippen LogP contribution in [0, 0.1) is 17.6 Å². The molecule has 0 bridgehead atoms. The molecule has 29 heavy (non-hydrogen) atoms. The van der Waals surface area contributed by atoms with Gasteiger partial charge in [0.2, 0.25) is 5.91 Å². The van der Waals surface area contributed by atoms with E-state index in [1.807, 2.05) is 0 Å². The van der Waals surface area contributed by atoms with E-state index in [1.54, 1.807) is 28.0 Å². The maximum Gasteiger partial charge on any atom is 0.268 e. The van der Waals surface area contributed by atoms with Crippen LogP contribution in [0.1, 0.15) is 30.4 Å². The lowest BCUT2D eigenvalue weighted by molar-refractivity contribution is -0.145. The van der Waals surface area contributed by atoms with Crippen LogP contribution in [0.5, 0.6) is 0 Å². The molecular weight excluding hydrogens is 394 g/mol. The van der Waals surface area contributed by atoms with Crippen molar-refractivity contribution in [1.29, 1.82) is 0 Å². The van der Waals surface area contributed by atoms with Gasteiger partial charge in [-0.15, -0.1) is 11.8 Å². The maximum absolute atomic E-state index is 14.2. The highest BCUT2D eigenvalue weighted by molar-refractivity contribution is 8.01. The number of halogens is 2. The van der Waals surface area contributed by atoms with E-state index in [0.717, 1.165) is 24.8 Å². The molecule has 0 radical (unpaired) electrons. The molecule has 1 atom stereocenters. The fraction of sp³-hybridized carbons (Fsp3) is 0.364. The lowest BCUT2D eigenvalue weighted by atomic mass is 9.84. The highest BCUT2D eigenvalue weighted by atomic mass is 32.2. The summed E-state index contributed by atoms with van der Waals surface area (Å²) in [5.74, 6) is -0.412. The molecule has 0 unspecified atom stereocenters. The molecule has 150 valence electrons. The average molecular weight is 414 g/mol. The van der Waals surface area contributed by atoms with Gasteiger partial charge in [-0.3, -0.25) is 9.59 Å². The molecule has 7 heteroatoms. The summed E-state index contributed by atoms with van der Waals surface area (Å²) in [5, 5.41) is 0. The van der Waals surface area contributed by atoms with Crippen molar-refractivity contribution in [3.63, 3.8) is 0 Å². The smallest absolute Gasteiger partial charge is 0.268 e. The van der Waals surface area contributed by atoms with Crippen LogP contribution in [0.3, 0.4) is 0 Å². The van der Waals surface area contributed by atoms with Crippen LogP contribution in [-0.4, -0.2) is 29.0 Å². The molecular formula is C22H20F2N2O2S. The number of hydrogen-bond acceptors (Lipinski definition) is 3. The molecule has 2 heterocycles. The fourth-order valence-corrected chi connectivity index (χ4v) is 5.87. The first-order chi connectivity index (χ1) is 14.0. The van der Waals surface area contributed by atoms with E-state index in [-0.39, 0.29) is 30.1 Å². The van der Waals surface area contributed by atoms with Crippen molar-refractivity contribution >= 4 is 29.3 Å². The van der Waals surface area contributed by atoms with Crippen molar-refractivity contribution in [2.45, 2.75) is 30.7 Å². The number of nitrogens with zero attached hydrogens (tertiary/aromatic N) is 2. The van der Waals surface area contributed by atoms with E-state index >= 15 is 0 Å². The molecule has 2 fully saturated rings. The fourth-order valence-electron chi connectivity index (χ4n) is 4.41. The summed E-state index contributed by atoms with van der Waals surface area (Å²) in [6, 6.07) is 10.3. The van der Waals surface area contributed by atoms with Crippen LogP contribution in [0.25, 0.3) is 0 Å². The van der Waals surface area contributed by atoms with E-state index < -0.39 is 10.7 Å². The molecule has 2 amide bonds. The van der Waals surface area contributed by atoms with Crippen molar-refractivity contribution in [3.05, 3.63) is 65.2 Å². The third kappa shape index (κ3) is 2.78. The summed E-state index contributed by atoms with van der Waals surface area (Å²) in [4.78, 5) is 28.9. The zero-order valence-corrected chi connectivity index (χ0v) is 16.6. The van der Waals surface area contributed by atoms with E-state index in [0.29, 0.717) is 23.5 Å². The predicted octanol–water partition coefficient (Wildman–Crippen LogP) is 4.04. The zero-order chi connectivity index (χ0) is 20.2. The summed E-state index contributed by atoms with van der Waals surface area (Å²) in [6.45, 7) is 0.720. The van der Waals surface area contributed by atoms with Gasteiger partial charge < -0.3 is 9.80 Å². The summed E-state index contributed by atoms with van der Waals surface area (Å²) >= 11 is 1.40. The number of amides is 2. The molecule has 3 aliphatic rings. The molecule has 5 rings (SSSR count). The Bertz CT molecular complexity index is 993. The minimum absolute atomic E-state index is 0.00607. The van der Waals surface area contributed by atoms with E-state index in [9.17, 15) is 18.4 Å². The second-order valence-corrected chi connectivity index (χ2v) is 9.08. The monoisotopic (exact) mass is 414 g/mol. The molecule has 2 aromatic rings. The SMILES string of the molecule is O=C(C1CCC1)N1CCS[C@]12C(=O)N(Cc1ccc(F)cc1)c1ccc(F)cc12. The molecule has 2 aromatic carbocycles. The van der Waals surface area contributed by atoms with Gasteiger partial charge >= 0.3 is 0 Å². The van der Waals surface area contributed by atoms with Gasteiger partial charge in [-0.25, -0.2) is 8.78 Å². The Kier molecular flexibility index (Phi) is 4.38. The van der Waals surface area contributed by atoms with E-state index in [1.165, 1.54) is 36.0 Å². The summed E-state index contributed by atoms with van der Waals surface area (Å²) in [5.41, 5.74) is 1.92. The summed E-state index contributed by atoms with van der Waals surface area (Å²) in [6.07, 6.45) is 2.72.